The Labute approximate surface area is 128 Å². The van der Waals surface area contributed by atoms with Crippen LogP contribution in [0.25, 0.3) is 0 Å². The number of hydrogen-bond donors (Lipinski definition) is 2. The van der Waals surface area contributed by atoms with Gasteiger partial charge in [-0.25, -0.2) is 0 Å². The summed E-state index contributed by atoms with van der Waals surface area (Å²) in [6, 6.07) is 8.73. The maximum absolute atomic E-state index is 12.5. The molecule has 5 heteroatoms. The zero-order valence-electron chi connectivity index (χ0n) is 12.5. The lowest BCUT2D eigenvalue weighted by Gasteiger charge is -2.12. The smallest absolute Gasteiger partial charge is 0.196 e. The van der Waals surface area contributed by atoms with Crippen molar-refractivity contribution in [3.05, 3.63) is 47.5 Å². The fourth-order valence-corrected chi connectivity index (χ4v) is 2.06. The average molecular weight is 302 g/mol. The molecule has 0 bridgehead atoms. The minimum Gasteiger partial charge on any atom is -0.508 e. The molecule has 2 N–H and O–H groups in total. The fourth-order valence-electron chi connectivity index (χ4n) is 2.06. The van der Waals surface area contributed by atoms with Crippen LogP contribution >= 0.6 is 0 Å². The van der Waals surface area contributed by atoms with Crippen molar-refractivity contribution < 1.29 is 24.5 Å². The monoisotopic (exact) mass is 302 g/mol. The molecule has 2 aromatic rings. The molecule has 116 valence electrons. The summed E-state index contributed by atoms with van der Waals surface area (Å²) in [7, 11) is 0. The van der Waals surface area contributed by atoms with Crippen molar-refractivity contribution in [2.24, 2.45) is 0 Å². The minimum atomic E-state index is -0.360. The number of carbonyl (C=O) groups is 1. The first-order chi connectivity index (χ1) is 10.6. The lowest BCUT2D eigenvalue weighted by Crippen LogP contribution is -2.04. The Hall–Kier alpha value is -2.69. The molecule has 0 aliphatic heterocycles. The maximum Gasteiger partial charge on any atom is 0.196 e. The Morgan fingerprint density at radius 3 is 2.27 bits per heavy atom. The molecule has 0 radical (unpaired) electrons. The molecule has 0 fully saturated rings. The van der Waals surface area contributed by atoms with Crippen LogP contribution in [0.4, 0.5) is 0 Å². The Kier molecular flexibility index (Phi) is 4.88. The van der Waals surface area contributed by atoms with Gasteiger partial charge in [-0.1, -0.05) is 0 Å². The minimum absolute atomic E-state index is 0.101. The van der Waals surface area contributed by atoms with Crippen molar-refractivity contribution in [2.75, 3.05) is 13.2 Å². The third kappa shape index (κ3) is 3.31. The SMILES string of the molecule is CCOc1ccc(C(=O)c2ccc(O)cc2O)cc1OCC. The van der Waals surface area contributed by atoms with Gasteiger partial charge >= 0.3 is 0 Å². The lowest BCUT2D eigenvalue weighted by atomic mass is 10.0. The number of benzene rings is 2. The van der Waals surface area contributed by atoms with E-state index in [1.54, 1.807) is 18.2 Å². The lowest BCUT2D eigenvalue weighted by molar-refractivity contribution is 0.103. The normalized spacial score (nSPS) is 10.3. The third-order valence-electron chi connectivity index (χ3n) is 3.03. The van der Waals surface area contributed by atoms with Crippen LogP contribution in [0, 0.1) is 0 Å². The summed E-state index contributed by atoms with van der Waals surface area (Å²) in [5.74, 6) is 0.318. The first kappa shape index (κ1) is 15.7. The molecule has 0 spiro atoms. The Bertz CT molecular complexity index is 679. The second-order valence-electron chi connectivity index (χ2n) is 4.56. The number of phenolic OH excluding ortho intramolecular Hbond substituents is 2. The van der Waals surface area contributed by atoms with Crippen molar-refractivity contribution in [1.82, 2.24) is 0 Å². The third-order valence-corrected chi connectivity index (χ3v) is 3.03. The van der Waals surface area contributed by atoms with E-state index in [2.05, 4.69) is 0 Å². The highest BCUT2D eigenvalue weighted by Crippen LogP contribution is 2.31. The van der Waals surface area contributed by atoms with Gasteiger partial charge in [-0.2, -0.15) is 0 Å². The average Bonchev–Trinajstić information content (AvgIpc) is 2.49. The molecular weight excluding hydrogens is 284 g/mol. The van der Waals surface area contributed by atoms with Gasteiger partial charge in [0.15, 0.2) is 17.3 Å². The molecule has 22 heavy (non-hydrogen) atoms. The van der Waals surface area contributed by atoms with E-state index < -0.39 is 0 Å². The van der Waals surface area contributed by atoms with E-state index in [-0.39, 0.29) is 22.8 Å². The zero-order valence-corrected chi connectivity index (χ0v) is 12.5. The Balaban J connectivity index is 2.39. The van der Waals surface area contributed by atoms with Crippen LogP contribution in [0.3, 0.4) is 0 Å². The van der Waals surface area contributed by atoms with Crippen molar-refractivity contribution in [2.45, 2.75) is 13.8 Å². The standard InChI is InChI=1S/C17H18O5/c1-3-21-15-8-5-11(9-16(15)22-4-2)17(20)13-7-6-12(18)10-14(13)19/h5-10,18-19H,3-4H2,1-2H3. The van der Waals surface area contributed by atoms with Gasteiger partial charge in [0, 0.05) is 11.6 Å². The molecular formula is C17H18O5. The predicted octanol–water partition coefficient (Wildman–Crippen LogP) is 3.13. The van der Waals surface area contributed by atoms with E-state index in [4.69, 9.17) is 9.47 Å². The summed E-state index contributed by atoms with van der Waals surface area (Å²) >= 11 is 0. The summed E-state index contributed by atoms with van der Waals surface area (Å²) < 4.78 is 10.9. The summed E-state index contributed by atoms with van der Waals surface area (Å²) in [4.78, 5) is 12.5. The molecule has 0 unspecified atom stereocenters. The largest absolute Gasteiger partial charge is 0.508 e. The second kappa shape index (κ2) is 6.85. The molecule has 0 aliphatic rings. The molecule has 2 aromatic carbocycles. The highest BCUT2D eigenvalue weighted by Gasteiger charge is 2.16. The van der Waals surface area contributed by atoms with Crippen LogP contribution in [0.5, 0.6) is 23.0 Å². The van der Waals surface area contributed by atoms with Gasteiger partial charge in [0.1, 0.15) is 11.5 Å². The number of carbonyl (C=O) groups excluding carboxylic acids is 1. The van der Waals surface area contributed by atoms with E-state index in [0.717, 1.165) is 6.07 Å². The number of aromatic hydroxyl groups is 2. The number of hydrogen-bond acceptors (Lipinski definition) is 5. The zero-order chi connectivity index (χ0) is 16.1. The van der Waals surface area contributed by atoms with Gasteiger partial charge < -0.3 is 19.7 Å². The van der Waals surface area contributed by atoms with Gasteiger partial charge in [0.2, 0.25) is 0 Å². The molecule has 0 aromatic heterocycles. The van der Waals surface area contributed by atoms with Crippen LogP contribution in [0.2, 0.25) is 0 Å². The van der Waals surface area contributed by atoms with Crippen LogP contribution in [0.15, 0.2) is 36.4 Å². The highest BCUT2D eigenvalue weighted by molar-refractivity contribution is 6.11. The van der Waals surface area contributed by atoms with Crippen molar-refractivity contribution in [1.29, 1.82) is 0 Å². The van der Waals surface area contributed by atoms with Crippen LogP contribution in [-0.2, 0) is 0 Å². The van der Waals surface area contributed by atoms with Crippen molar-refractivity contribution in [3.8, 4) is 23.0 Å². The van der Waals surface area contributed by atoms with Gasteiger partial charge in [0.25, 0.3) is 0 Å². The van der Waals surface area contributed by atoms with Crippen molar-refractivity contribution >= 4 is 5.78 Å². The van der Waals surface area contributed by atoms with Gasteiger partial charge in [-0.05, 0) is 44.2 Å². The highest BCUT2D eigenvalue weighted by atomic mass is 16.5. The van der Waals surface area contributed by atoms with E-state index in [1.807, 2.05) is 13.8 Å². The quantitative estimate of drug-likeness (QED) is 0.802. The van der Waals surface area contributed by atoms with Crippen molar-refractivity contribution in [3.63, 3.8) is 0 Å². The fraction of sp³-hybridized carbons (Fsp3) is 0.235. The summed E-state index contributed by atoms with van der Waals surface area (Å²) in [6.07, 6.45) is 0. The van der Waals surface area contributed by atoms with E-state index in [9.17, 15) is 15.0 Å². The number of ketones is 1. The Morgan fingerprint density at radius 1 is 0.955 bits per heavy atom. The van der Waals surface area contributed by atoms with Crippen LogP contribution in [0.1, 0.15) is 29.8 Å². The van der Waals surface area contributed by atoms with E-state index in [1.165, 1.54) is 12.1 Å². The van der Waals surface area contributed by atoms with Gasteiger partial charge in [-0.3, -0.25) is 4.79 Å². The number of ether oxygens (including phenoxy) is 2. The molecule has 0 amide bonds. The first-order valence-corrected chi connectivity index (χ1v) is 7.03. The van der Waals surface area contributed by atoms with Crippen LogP contribution < -0.4 is 9.47 Å². The molecule has 2 rings (SSSR count). The topological polar surface area (TPSA) is 76.0 Å². The van der Waals surface area contributed by atoms with E-state index >= 15 is 0 Å². The van der Waals surface area contributed by atoms with Gasteiger partial charge in [-0.15, -0.1) is 0 Å². The van der Waals surface area contributed by atoms with Gasteiger partial charge in [0.05, 0.1) is 18.8 Å². The summed E-state index contributed by atoms with van der Waals surface area (Å²) in [5.41, 5.74) is 0.484. The number of phenols is 2. The molecule has 5 nitrogen and oxygen atoms in total. The maximum atomic E-state index is 12.5. The van der Waals surface area contributed by atoms with E-state index in [0.29, 0.717) is 30.3 Å². The summed E-state index contributed by atoms with van der Waals surface area (Å²) in [5, 5.41) is 19.1. The first-order valence-electron chi connectivity index (χ1n) is 7.03. The predicted molar refractivity (Wildman–Crippen MR) is 82.0 cm³/mol. The molecule has 0 atom stereocenters. The second-order valence-corrected chi connectivity index (χ2v) is 4.56. The van der Waals surface area contributed by atoms with Crippen LogP contribution in [-0.4, -0.2) is 29.2 Å². The molecule has 0 heterocycles. The summed E-state index contributed by atoms with van der Waals surface area (Å²) in [6.45, 7) is 4.65. The number of rotatable bonds is 6. The Morgan fingerprint density at radius 2 is 1.64 bits per heavy atom. The molecule has 0 saturated heterocycles. The molecule has 0 aliphatic carbocycles. The molecule has 0 saturated carbocycles.